The van der Waals surface area contributed by atoms with E-state index in [0.29, 0.717) is 24.3 Å². The van der Waals surface area contributed by atoms with Crippen molar-refractivity contribution in [2.75, 3.05) is 32.7 Å². The van der Waals surface area contributed by atoms with Crippen molar-refractivity contribution in [2.45, 2.75) is 45.1 Å². The van der Waals surface area contributed by atoms with E-state index in [0.717, 1.165) is 45.6 Å². The van der Waals surface area contributed by atoms with Gasteiger partial charge in [-0.15, -0.1) is 6.58 Å². The van der Waals surface area contributed by atoms with E-state index in [1.54, 1.807) is 0 Å². The van der Waals surface area contributed by atoms with Crippen LogP contribution in [-0.4, -0.2) is 49.6 Å². The van der Waals surface area contributed by atoms with Crippen LogP contribution >= 0.6 is 0 Å². The molecule has 2 heterocycles. The summed E-state index contributed by atoms with van der Waals surface area (Å²) in [7, 11) is 0. The molecule has 1 amide bonds. The van der Waals surface area contributed by atoms with Gasteiger partial charge in [-0.3, -0.25) is 9.69 Å². The highest BCUT2D eigenvalue weighted by Crippen LogP contribution is 2.22. The minimum atomic E-state index is 0.246. The fourth-order valence-corrected chi connectivity index (χ4v) is 3.55. The lowest BCUT2D eigenvalue weighted by molar-refractivity contribution is -0.123. The van der Waals surface area contributed by atoms with Crippen LogP contribution in [0.15, 0.2) is 12.7 Å². The Bertz CT molecular complexity index is 331. The highest BCUT2D eigenvalue weighted by molar-refractivity contribution is 5.76. The molecule has 2 N–H and O–H groups in total. The maximum absolute atomic E-state index is 12.2. The first kappa shape index (κ1) is 16.5. The molecule has 2 atom stereocenters. The molecule has 2 aliphatic rings. The smallest absolute Gasteiger partial charge is 0.220 e. The molecule has 0 aromatic carbocycles. The first-order chi connectivity index (χ1) is 10.2. The zero-order chi connectivity index (χ0) is 15.1. The van der Waals surface area contributed by atoms with Crippen LogP contribution in [0.1, 0.15) is 39.0 Å². The molecular weight excluding hydrogens is 262 g/mol. The fourth-order valence-electron chi connectivity index (χ4n) is 3.55. The van der Waals surface area contributed by atoms with Gasteiger partial charge in [0, 0.05) is 32.1 Å². The zero-order valence-corrected chi connectivity index (χ0v) is 13.4. The van der Waals surface area contributed by atoms with Crippen LogP contribution in [-0.2, 0) is 4.79 Å². The fraction of sp³-hybridized carbons (Fsp3) is 0.824. The number of amides is 1. The van der Waals surface area contributed by atoms with Gasteiger partial charge in [-0.25, -0.2) is 0 Å². The lowest BCUT2D eigenvalue weighted by Gasteiger charge is -2.32. The number of nitrogens with zero attached hydrogens (tertiary/aromatic N) is 1. The maximum Gasteiger partial charge on any atom is 0.220 e. The Morgan fingerprint density at radius 2 is 2.19 bits per heavy atom. The van der Waals surface area contributed by atoms with Gasteiger partial charge in [0.1, 0.15) is 0 Å². The number of rotatable bonds is 6. The van der Waals surface area contributed by atoms with Gasteiger partial charge in [-0.05, 0) is 50.6 Å². The summed E-state index contributed by atoms with van der Waals surface area (Å²) in [5.74, 6) is 1.40. The molecular formula is C17H31N3O. The largest absolute Gasteiger partial charge is 0.353 e. The minimum absolute atomic E-state index is 0.246. The molecule has 2 fully saturated rings. The van der Waals surface area contributed by atoms with Crippen LogP contribution in [0, 0.1) is 11.8 Å². The first-order valence-electron chi connectivity index (χ1n) is 8.52. The van der Waals surface area contributed by atoms with Crippen LogP contribution < -0.4 is 10.6 Å². The van der Waals surface area contributed by atoms with E-state index >= 15 is 0 Å². The van der Waals surface area contributed by atoms with Crippen molar-refractivity contribution in [1.29, 1.82) is 0 Å². The van der Waals surface area contributed by atoms with Gasteiger partial charge in [-0.1, -0.05) is 13.0 Å². The highest BCUT2D eigenvalue weighted by atomic mass is 16.1. The normalized spacial score (nSPS) is 26.2. The van der Waals surface area contributed by atoms with Gasteiger partial charge >= 0.3 is 0 Å². The molecule has 2 saturated heterocycles. The van der Waals surface area contributed by atoms with Crippen molar-refractivity contribution in [3.8, 4) is 0 Å². The van der Waals surface area contributed by atoms with E-state index in [-0.39, 0.29) is 5.91 Å². The van der Waals surface area contributed by atoms with Crippen LogP contribution in [0.2, 0.25) is 0 Å². The predicted molar refractivity (Wildman–Crippen MR) is 87.2 cm³/mol. The first-order valence-corrected chi connectivity index (χ1v) is 8.52. The number of hydrogen-bond donors (Lipinski definition) is 2. The molecule has 0 bridgehead atoms. The third-order valence-corrected chi connectivity index (χ3v) is 4.99. The number of carbonyl (C=O) groups excluding carboxylic acids is 1. The highest BCUT2D eigenvalue weighted by Gasteiger charge is 2.24. The Labute approximate surface area is 129 Å². The molecule has 0 aromatic heterocycles. The summed E-state index contributed by atoms with van der Waals surface area (Å²) in [4.78, 5) is 14.6. The lowest BCUT2D eigenvalue weighted by atomic mass is 9.85. The van der Waals surface area contributed by atoms with Gasteiger partial charge in [0.05, 0.1) is 0 Å². The average Bonchev–Trinajstić information content (AvgIpc) is 2.50. The molecule has 21 heavy (non-hydrogen) atoms. The van der Waals surface area contributed by atoms with Crippen LogP contribution in [0.5, 0.6) is 0 Å². The number of likely N-dealkylation sites (tertiary alicyclic amines) is 1. The Morgan fingerprint density at radius 3 is 2.81 bits per heavy atom. The summed E-state index contributed by atoms with van der Waals surface area (Å²) in [6.07, 6.45) is 7.29. The monoisotopic (exact) mass is 293 g/mol. The van der Waals surface area contributed by atoms with E-state index in [9.17, 15) is 4.79 Å². The van der Waals surface area contributed by atoms with Gasteiger partial charge in [0.2, 0.25) is 5.91 Å². The molecule has 0 aromatic rings. The molecule has 0 saturated carbocycles. The lowest BCUT2D eigenvalue weighted by Crippen LogP contribution is -2.45. The topological polar surface area (TPSA) is 44.4 Å². The standard InChI is InChI=1S/C17H31N3O/c1-3-9-20-10-6-16(7-11-20)19-17(21)12-14(2)15-5-4-8-18-13-15/h3,14-16,18H,1,4-13H2,2H3,(H,19,21). The number of piperidine rings is 2. The second-order valence-electron chi connectivity index (χ2n) is 6.72. The summed E-state index contributed by atoms with van der Waals surface area (Å²) >= 11 is 0. The molecule has 120 valence electrons. The van der Waals surface area contributed by atoms with E-state index in [1.165, 1.54) is 12.8 Å². The molecule has 4 heteroatoms. The third-order valence-electron chi connectivity index (χ3n) is 4.99. The molecule has 2 rings (SSSR count). The summed E-state index contributed by atoms with van der Waals surface area (Å²) in [5, 5.41) is 6.68. The molecule has 2 unspecified atom stereocenters. The second-order valence-corrected chi connectivity index (χ2v) is 6.72. The van der Waals surface area contributed by atoms with Crippen molar-refractivity contribution in [2.24, 2.45) is 11.8 Å². The van der Waals surface area contributed by atoms with Crippen molar-refractivity contribution in [3.05, 3.63) is 12.7 Å². The van der Waals surface area contributed by atoms with Gasteiger partial charge in [0.25, 0.3) is 0 Å². The van der Waals surface area contributed by atoms with Crippen LogP contribution in [0.4, 0.5) is 0 Å². The van der Waals surface area contributed by atoms with Crippen molar-refractivity contribution in [1.82, 2.24) is 15.5 Å². The minimum Gasteiger partial charge on any atom is -0.353 e. The molecule has 0 radical (unpaired) electrons. The summed E-state index contributed by atoms with van der Waals surface area (Å²) in [6, 6.07) is 0.371. The van der Waals surface area contributed by atoms with Crippen molar-refractivity contribution in [3.63, 3.8) is 0 Å². The molecule has 0 spiro atoms. The summed E-state index contributed by atoms with van der Waals surface area (Å²) in [6.45, 7) is 11.3. The van der Waals surface area contributed by atoms with Crippen molar-refractivity contribution >= 4 is 5.91 Å². The molecule has 4 nitrogen and oxygen atoms in total. The molecule has 2 aliphatic heterocycles. The van der Waals surface area contributed by atoms with E-state index in [1.807, 2.05) is 6.08 Å². The number of hydrogen-bond acceptors (Lipinski definition) is 3. The summed E-state index contributed by atoms with van der Waals surface area (Å²) in [5.41, 5.74) is 0. The quantitative estimate of drug-likeness (QED) is 0.734. The number of nitrogens with one attached hydrogen (secondary N) is 2. The number of carbonyl (C=O) groups is 1. The Morgan fingerprint density at radius 1 is 1.43 bits per heavy atom. The van der Waals surface area contributed by atoms with Crippen LogP contribution in [0.3, 0.4) is 0 Å². The second kappa shape index (κ2) is 8.54. The maximum atomic E-state index is 12.2. The van der Waals surface area contributed by atoms with Gasteiger partial charge in [-0.2, -0.15) is 0 Å². The molecule has 0 aliphatic carbocycles. The van der Waals surface area contributed by atoms with Crippen LogP contribution in [0.25, 0.3) is 0 Å². The zero-order valence-electron chi connectivity index (χ0n) is 13.4. The van der Waals surface area contributed by atoms with Gasteiger partial charge in [0.15, 0.2) is 0 Å². The SMILES string of the molecule is C=CCN1CCC(NC(=O)CC(C)C2CCCNC2)CC1. The third kappa shape index (κ3) is 5.44. The summed E-state index contributed by atoms with van der Waals surface area (Å²) < 4.78 is 0. The Hall–Kier alpha value is -0.870. The van der Waals surface area contributed by atoms with Crippen molar-refractivity contribution < 1.29 is 4.79 Å². The average molecular weight is 293 g/mol. The van der Waals surface area contributed by atoms with E-state index in [2.05, 4.69) is 29.0 Å². The van der Waals surface area contributed by atoms with Gasteiger partial charge < -0.3 is 10.6 Å². The Balaban J connectivity index is 1.66. The van der Waals surface area contributed by atoms with E-state index < -0.39 is 0 Å². The van der Waals surface area contributed by atoms with E-state index in [4.69, 9.17) is 0 Å². The Kier molecular flexibility index (Phi) is 6.71. The predicted octanol–water partition coefficient (Wildman–Crippen LogP) is 1.78.